The molecule has 0 bridgehead atoms. The van der Waals surface area contributed by atoms with Crippen LogP contribution in [0.15, 0.2) is 0 Å². The van der Waals surface area contributed by atoms with Gasteiger partial charge in [-0.05, 0) is 53.1 Å². The van der Waals surface area contributed by atoms with Crippen LogP contribution in [0.3, 0.4) is 0 Å². The van der Waals surface area contributed by atoms with Crippen molar-refractivity contribution < 1.29 is 0 Å². The Bertz CT molecular complexity index is 300. The van der Waals surface area contributed by atoms with E-state index in [1.54, 1.807) is 0 Å². The molecule has 0 saturated carbocycles. The van der Waals surface area contributed by atoms with E-state index in [2.05, 4.69) is 36.6 Å². The van der Waals surface area contributed by atoms with Gasteiger partial charge in [-0.3, -0.25) is 9.80 Å². The Morgan fingerprint density at radius 2 is 1.88 bits per heavy atom. The minimum Gasteiger partial charge on any atom is -0.298 e. The molecule has 2 atom stereocenters. The summed E-state index contributed by atoms with van der Waals surface area (Å²) in [7, 11) is 0. The molecule has 3 nitrogen and oxygen atoms in total. The van der Waals surface area contributed by atoms with Crippen LogP contribution in [0, 0.1) is 17.2 Å². The van der Waals surface area contributed by atoms with E-state index in [9.17, 15) is 0 Å². The van der Waals surface area contributed by atoms with Gasteiger partial charge in [0.1, 0.15) is 0 Å². The summed E-state index contributed by atoms with van der Waals surface area (Å²) in [6, 6.07) is 3.10. The van der Waals surface area contributed by atoms with Crippen molar-refractivity contribution in [1.29, 1.82) is 5.26 Å². The summed E-state index contributed by atoms with van der Waals surface area (Å²) >= 11 is 0. The molecule has 2 rings (SSSR count). The molecule has 2 saturated heterocycles. The third-order valence-corrected chi connectivity index (χ3v) is 4.26. The normalized spacial score (nSPS) is 32.6. The molecule has 2 unspecified atom stereocenters. The van der Waals surface area contributed by atoms with E-state index < -0.39 is 0 Å². The molecule has 0 N–H and O–H groups in total. The van der Waals surface area contributed by atoms with Crippen LogP contribution in [0.2, 0.25) is 0 Å². The van der Waals surface area contributed by atoms with Gasteiger partial charge in [-0.2, -0.15) is 5.26 Å². The van der Waals surface area contributed by atoms with Crippen LogP contribution >= 0.6 is 0 Å². The topological polar surface area (TPSA) is 30.3 Å². The van der Waals surface area contributed by atoms with Crippen LogP contribution in [0.5, 0.6) is 0 Å². The molecule has 2 aliphatic heterocycles. The Labute approximate surface area is 105 Å². The fraction of sp³-hybridized carbons (Fsp3) is 0.929. The molecule has 0 aromatic rings. The predicted octanol–water partition coefficient (Wildman–Crippen LogP) is 2.09. The Hall–Kier alpha value is -0.590. The summed E-state index contributed by atoms with van der Waals surface area (Å²) in [6.07, 6.45) is 3.68. The Kier molecular flexibility index (Phi) is 3.75. The summed E-state index contributed by atoms with van der Waals surface area (Å²) in [6.45, 7) is 11.4. The lowest BCUT2D eigenvalue weighted by atomic mass is 9.97. The third kappa shape index (κ3) is 3.00. The molecule has 0 spiro atoms. The largest absolute Gasteiger partial charge is 0.298 e. The minimum atomic E-state index is 0.278. The number of likely N-dealkylation sites (tertiary alicyclic amines) is 2. The maximum atomic E-state index is 8.98. The van der Waals surface area contributed by atoms with Crippen LogP contribution in [0.4, 0.5) is 0 Å². The smallest absolute Gasteiger partial charge is 0.0669 e. The second-order valence-corrected chi connectivity index (χ2v) is 6.52. The molecule has 2 aliphatic rings. The second kappa shape index (κ2) is 4.96. The van der Waals surface area contributed by atoms with Crippen molar-refractivity contribution in [1.82, 2.24) is 9.80 Å². The van der Waals surface area contributed by atoms with E-state index in [0.29, 0.717) is 6.04 Å². The molecule has 0 aliphatic carbocycles. The van der Waals surface area contributed by atoms with Crippen LogP contribution in [0.1, 0.15) is 40.0 Å². The summed E-state index contributed by atoms with van der Waals surface area (Å²) in [5.41, 5.74) is 0.285. The fourth-order valence-electron chi connectivity index (χ4n) is 3.09. The number of nitrogens with zero attached hydrogens (tertiary/aromatic N) is 3. The van der Waals surface area contributed by atoms with Crippen molar-refractivity contribution in [3.05, 3.63) is 0 Å². The van der Waals surface area contributed by atoms with Crippen LogP contribution < -0.4 is 0 Å². The average Bonchev–Trinajstić information content (AvgIpc) is 2.76. The Morgan fingerprint density at radius 1 is 1.12 bits per heavy atom. The summed E-state index contributed by atoms with van der Waals surface area (Å²) in [4.78, 5) is 5.15. The van der Waals surface area contributed by atoms with Crippen molar-refractivity contribution in [2.24, 2.45) is 5.92 Å². The zero-order valence-electron chi connectivity index (χ0n) is 11.4. The van der Waals surface area contributed by atoms with Crippen molar-refractivity contribution in [2.45, 2.75) is 51.6 Å². The molecule has 0 aromatic heterocycles. The zero-order chi connectivity index (χ0) is 12.5. The van der Waals surface area contributed by atoms with E-state index >= 15 is 0 Å². The molecule has 0 amide bonds. The highest BCUT2D eigenvalue weighted by Crippen LogP contribution is 2.26. The van der Waals surface area contributed by atoms with Gasteiger partial charge in [-0.15, -0.1) is 0 Å². The summed E-state index contributed by atoms with van der Waals surface area (Å²) in [5, 5.41) is 8.98. The molecule has 0 radical (unpaired) electrons. The Morgan fingerprint density at radius 3 is 2.47 bits per heavy atom. The van der Waals surface area contributed by atoms with E-state index in [0.717, 1.165) is 19.5 Å². The highest BCUT2D eigenvalue weighted by atomic mass is 15.3. The van der Waals surface area contributed by atoms with E-state index in [1.165, 1.54) is 25.9 Å². The second-order valence-electron chi connectivity index (χ2n) is 6.52. The third-order valence-electron chi connectivity index (χ3n) is 4.26. The maximum absolute atomic E-state index is 8.98. The van der Waals surface area contributed by atoms with Gasteiger partial charge in [0.15, 0.2) is 0 Å². The number of hydrogen-bond acceptors (Lipinski definition) is 3. The van der Waals surface area contributed by atoms with Gasteiger partial charge < -0.3 is 0 Å². The standard InChI is InChI=1S/C14H25N3/c1-14(2,3)17-7-4-5-13(11-17)16-8-6-12(9-15)10-16/h12-13H,4-8,10-11H2,1-3H3. The highest BCUT2D eigenvalue weighted by Gasteiger charge is 2.33. The van der Waals surface area contributed by atoms with Gasteiger partial charge in [-0.1, -0.05) is 0 Å². The van der Waals surface area contributed by atoms with Crippen molar-refractivity contribution in [2.75, 3.05) is 26.2 Å². The molecule has 3 heteroatoms. The Balaban J connectivity index is 1.92. The zero-order valence-corrected chi connectivity index (χ0v) is 11.4. The SMILES string of the molecule is CC(C)(C)N1CCCC(N2CCC(C#N)C2)C1. The van der Waals surface area contributed by atoms with Gasteiger partial charge in [0.2, 0.25) is 0 Å². The van der Waals surface area contributed by atoms with E-state index in [-0.39, 0.29) is 11.5 Å². The van der Waals surface area contributed by atoms with E-state index in [1.807, 2.05) is 0 Å². The average molecular weight is 235 g/mol. The molecule has 2 fully saturated rings. The summed E-state index contributed by atoms with van der Waals surface area (Å²) in [5.74, 6) is 0.278. The van der Waals surface area contributed by atoms with E-state index in [4.69, 9.17) is 5.26 Å². The van der Waals surface area contributed by atoms with Gasteiger partial charge in [-0.25, -0.2) is 0 Å². The number of hydrogen-bond donors (Lipinski definition) is 0. The van der Waals surface area contributed by atoms with Gasteiger partial charge in [0.05, 0.1) is 12.0 Å². The lowest BCUT2D eigenvalue weighted by Crippen LogP contribution is -2.53. The number of rotatable bonds is 1. The van der Waals surface area contributed by atoms with Gasteiger partial charge in [0.25, 0.3) is 0 Å². The monoisotopic (exact) mass is 235 g/mol. The highest BCUT2D eigenvalue weighted by molar-refractivity contribution is 4.95. The molecule has 0 aromatic carbocycles. The molecule has 96 valence electrons. The van der Waals surface area contributed by atoms with Gasteiger partial charge in [0, 0.05) is 24.7 Å². The molecular formula is C14H25N3. The quantitative estimate of drug-likeness (QED) is 0.697. The minimum absolute atomic E-state index is 0.278. The van der Waals surface area contributed by atoms with Crippen LogP contribution in [0.25, 0.3) is 0 Å². The molecule has 2 heterocycles. The first-order chi connectivity index (χ1) is 8.00. The van der Waals surface area contributed by atoms with Crippen LogP contribution in [-0.4, -0.2) is 47.6 Å². The van der Waals surface area contributed by atoms with Crippen molar-refractivity contribution in [3.63, 3.8) is 0 Å². The first-order valence-corrected chi connectivity index (χ1v) is 6.89. The first kappa shape index (κ1) is 12.9. The van der Waals surface area contributed by atoms with Gasteiger partial charge >= 0.3 is 0 Å². The summed E-state index contributed by atoms with van der Waals surface area (Å²) < 4.78 is 0. The molecular weight excluding hydrogens is 210 g/mol. The van der Waals surface area contributed by atoms with Crippen molar-refractivity contribution in [3.8, 4) is 6.07 Å². The fourth-order valence-corrected chi connectivity index (χ4v) is 3.09. The first-order valence-electron chi connectivity index (χ1n) is 6.89. The van der Waals surface area contributed by atoms with Crippen molar-refractivity contribution >= 4 is 0 Å². The molecule has 17 heavy (non-hydrogen) atoms. The predicted molar refractivity (Wildman–Crippen MR) is 69.6 cm³/mol. The maximum Gasteiger partial charge on any atom is 0.0669 e. The lowest BCUT2D eigenvalue weighted by Gasteiger charge is -2.44. The number of nitriles is 1. The van der Waals surface area contributed by atoms with Crippen LogP contribution in [-0.2, 0) is 0 Å². The lowest BCUT2D eigenvalue weighted by molar-refractivity contribution is 0.0518. The number of piperidine rings is 1.